The highest BCUT2D eigenvalue weighted by Gasteiger charge is 2.35. The van der Waals surface area contributed by atoms with Crippen LogP contribution in [0.1, 0.15) is 71.1 Å². The second-order valence-electron chi connectivity index (χ2n) is 5.92. The first-order chi connectivity index (χ1) is 7.71. The minimum Gasteiger partial charge on any atom is -0.386 e. The Hall–Kier alpha value is -0.300. The number of hydrogen-bond donors (Lipinski definition) is 1. The van der Waals surface area contributed by atoms with Crippen LogP contribution in [0, 0.1) is 5.92 Å². The molecular weight excluding hydrogens is 196 g/mol. The van der Waals surface area contributed by atoms with E-state index in [1.54, 1.807) is 0 Å². The second-order valence-corrected chi connectivity index (χ2v) is 5.92. The van der Waals surface area contributed by atoms with E-state index >= 15 is 0 Å². The molecule has 1 heteroatoms. The van der Waals surface area contributed by atoms with Gasteiger partial charge in [-0.2, -0.15) is 0 Å². The molecule has 0 spiro atoms. The van der Waals surface area contributed by atoms with Crippen LogP contribution in [0.3, 0.4) is 0 Å². The van der Waals surface area contributed by atoms with Gasteiger partial charge in [0.2, 0.25) is 0 Å². The Morgan fingerprint density at radius 3 is 2.81 bits per heavy atom. The summed E-state index contributed by atoms with van der Waals surface area (Å²) >= 11 is 0. The maximum atomic E-state index is 10.8. The summed E-state index contributed by atoms with van der Waals surface area (Å²) in [7, 11) is 0. The van der Waals surface area contributed by atoms with E-state index in [0.29, 0.717) is 5.92 Å². The Balaban J connectivity index is 2.07. The van der Waals surface area contributed by atoms with Gasteiger partial charge in [-0.1, -0.05) is 32.3 Å². The van der Waals surface area contributed by atoms with Crippen LogP contribution in [0.15, 0.2) is 11.6 Å². The van der Waals surface area contributed by atoms with E-state index in [-0.39, 0.29) is 0 Å². The zero-order chi connectivity index (χ0) is 11.4. The lowest BCUT2D eigenvalue weighted by Gasteiger charge is -2.38. The van der Waals surface area contributed by atoms with Crippen LogP contribution in [-0.4, -0.2) is 10.7 Å². The van der Waals surface area contributed by atoms with Gasteiger partial charge in [-0.05, 0) is 56.4 Å². The minimum atomic E-state index is -0.436. The number of hydrogen-bond acceptors (Lipinski definition) is 1. The molecule has 2 aliphatic carbocycles. The summed E-state index contributed by atoms with van der Waals surface area (Å²) in [6, 6.07) is 0. The average Bonchev–Trinajstić information content (AvgIpc) is 2.15. The maximum Gasteiger partial charge on any atom is 0.0859 e. The lowest BCUT2D eigenvalue weighted by Crippen LogP contribution is -2.36. The molecule has 92 valence electrons. The lowest BCUT2D eigenvalue weighted by atomic mass is 9.73. The predicted octanol–water partition coefficient (Wildman–Crippen LogP) is 4.21. The van der Waals surface area contributed by atoms with Crippen molar-refractivity contribution in [3.63, 3.8) is 0 Å². The predicted molar refractivity (Wildman–Crippen MR) is 68.4 cm³/mol. The van der Waals surface area contributed by atoms with Crippen molar-refractivity contribution in [2.45, 2.75) is 76.7 Å². The minimum absolute atomic E-state index is 0.436. The van der Waals surface area contributed by atoms with Gasteiger partial charge >= 0.3 is 0 Å². The van der Waals surface area contributed by atoms with Crippen LogP contribution >= 0.6 is 0 Å². The molecule has 1 nitrogen and oxygen atoms in total. The molecule has 1 N–H and O–H groups in total. The van der Waals surface area contributed by atoms with Crippen molar-refractivity contribution in [3.8, 4) is 0 Å². The van der Waals surface area contributed by atoms with Gasteiger partial charge in [-0.3, -0.25) is 0 Å². The van der Waals surface area contributed by atoms with Crippen molar-refractivity contribution in [3.05, 3.63) is 11.6 Å². The smallest absolute Gasteiger partial charge is 0.0859 e. The third kappa shape index (κ3) is 2.88. The van der Waals surface area contributed by atoms with E-state index in [2.05, 4.69) is 13.0 Å². The van der Waals surface area contributed by atoms with Crippen LogP contribution in [0.4, 0.5) is 0 Å². The molecule has 2 aliphatic rings. The number of aliphatic hydroxyl groups is 1. The molecule has 2 atom stereocenters. The quantitative estimate of drug-likeness (QED) is 0.659. The highest BCUT2D eigenvalue weighted by molar-refractivity contribution is 5.18. The van der Waals surface area contributed by atoms with E-state index in [4.69, 9.17) is 0 Å². The molecule has 0 saturated heterocycles. The standard InChI is InChI=1S/C15H26O/c1-13-8-7-11-15(16,12-13)14-9-5-3-2-4-6-10-14/h9,13,16H,2-8,10-12H2,1H3. The Labute approximate surface area is 99.9 Å². The molecule has 0 bridgehead atoms. The first kappa shape index (κ1) is 12.2. The topological polar surface area (TPSA) is 20.2 Å². The molecule has 16 heavy (non-hydrogen) atoms. The van der Waals surface area contributed by atoms with E-state index in [1.807, 2.05) is 0 Å². The SMILES string of the molecule is CC1CCCC(O)(C2=CCCCCCC2)C1. The maximum absolute atomic E-state index is 10.8. The van der Waals surface area contributed by atoms with E-state index < -0.39 is 5.60 Å². The summed E-state index contributed by atoms with van der Waals surface area (Å²) in [5.41, 5.74) is 0.938. The molecule has 0 amide bonds. The first-order valence-electron chi connectivity index (χ1n) is 7.13. The average molecular weight is 222 g/mol. The van der Waals surface area contributed by atoms with E-state index in [0.717, 1.165) is 19.3 Å². The zero-order valence-corrected chi connectivity index (χ0v) is 10.7. The summed E-state index contributed by atoms with van der Waals surface area (Å²) in [6.45, 7) is 2.29. The second kappa shape index (κ2) is 5.35. The molecule has 0 radical (unpaired) electrons. The van der Waals surface area contributed by atoms with Crippen molar-refractivity contribution in [1.29, 1.82) is 0 Å². The van der Waals surface area contributed by atoms with Gasteiger partial charge in [0.15, 0.2) is 0 Å². The Morgan fingerprint density at radius 1 is 1.19 bits per heavy atom. The van der Waals surface area contributed by atoms with Crippen molar-refractivity contribution in [2.75, 3.05) is 0 Å². The molecule has 1 saturated carbocycles. The molecular formula is C15H26O. The van der Waals surface area contributed by atoms with Crippen LogP contribution in [0.25, 0.3) is 0 Å². The monoisotopic (exact) mass is 222 g/mol. The van der Waals surface area contributed by atoms with Crippen LogP contribution in [-0.2, 0) is 0 Å². The molecule has 2 unspecified atom stereocenters. The highest BCUT2D eigenvalue weighted by Crippen LogP contribution is 2.39. The van der Waals surface area contributed by atoms with Gasteiger partial charge in [0, 0.05) is 0 Å². The molecule has 1 fully saturated rings. The third-order valence-corrected chi connectivity index (χ3v) is 4.36. The van der Waals surface area contributed by atoms with Gasteiger partial charge in [0.25, 0.3) is 0 Å². The summed E-state index contributed by atoms with van der Waals surface area (Å²) < 4.78 is 0. The third-order valence-electron chi connectivity index (χ3n) is 4.36. The molecule has 0 aromatic heterocycles. The van der Waals surface area contributed by atoms with Crippen molar-refractivity contribution >= 4 is 0 Å². The fourth-order valence-electron chi connectivity index (χ4n) is 3.43. The van der Waals surface area contributed by atoms with Gasteiger partial charge in [-0.15, -0.1) is 0 Å². The van der Waals surface area contributed by atoms with Crippen LogP contribution < -0.4 is 0 Å². The molecule has 2 rings (SSSR count). The van der Waals surface area contributed by atoms with Crippen molar-refractivity contribution in [1.82, 2.24) is 0 Å². The Kier molecular flexibility index (Phi) is 4.07. The van der Waals surface area contributed by atoms with Gasteiger partial charge in [0.1, 0.15) is 0 Å². The molecule has 0 aromatic rings. The normalized spacial score (nSPS) is 37.4. The summed E-state index contributed by atoms with van der Waals surface area (Å²) in [4.78, 5) is 0. The van der Waals surface area contributed by atoms with Crippen molar-refractivity contribution < 1.29 is 5.11 Å². The van der Waals surface area contributed by atoms with E-state index in [1.165, 1.54) is 50.5 Å². The van der Waals surface area contributed by atoms with Crippen LogP contribution in [0.2, 0.25) is 0 Å². The number of allylic oxidation sites excluding steroid dienone is 1. The fourth-order valence-corrected chi connectivity index (χ4v) is 3.43. The molecule has 0 aliphatic heterocycles. The zero-order valence-electron chi connectivity index (χ0n) is 10.7. The molecule has 0 heterocycles. The Bertz CT molecular complexity index is 256. The largest absolute Gasteiger partial charge is 0.386 e. The van der Waals surface area contributed by atoms with Gasteiger partial charge in [-0.25, -0.2) is 0 Å². The van der Waals surface area contributed by atoms with Crippen molar-refractivity contribution in [2.24, 2.45) is 5.92 Å². The van der Waals surface area contributed by atoms with Crippen LogP contribution in [0.5, 0.6) is 0 Å². The van der Waals surface area contributed by atoms with Gasteiger partial charge < -0.3 is 5.11 Å². The molecule has 0 aromatic carbocycles. The fraction of sp³-hybridized carbons (Fsp3) is 0.867. The highest BCUT2D eigenvalue weighted by atomic mass is 16.3. The number of rotatable bonds is 1. The van der Waals surface area contributed by atoms with E-state index in [9.17, 15) is 5.11 Å². The Morgan fingerprint density at radius 2 is 2.00 bits per heavy atom. The summed E-state index contributed by atoms with van der Waals surface area (Å²) in [5.74, 6) is 0.699. The summed E-state index contributed by atoms with van der Waals surface area (Å²) in [6.07, 6.45) is 14.5. The lowest BCUT2D eigenvalue weighted by molar-refractivity contribution is 0.0172. The van der Waals surface area contributed by atoms with Gasteiger partial charge in [0.05, 0.1) is 5.60 Å². The first-order valence-corrected chi connectivity index (χ1v) is 7.13. The summed E-state index contributed by atoms with van der Waals surface area (Å²) in [5, 5.41) is 10.8.